The summed E-state index contributed by atoms with van der Waals surface area (Å²) in [5, 5.41) is 12.2. The lowest BCUT2D eigenvalue weighted by molar-refractivity contribution is -0.152. The third-order valence-corrected chi connectivity index (χ3v) is 2.18. The summed E-state index contributed by atoms with van der Waals surface area (Å²) in [6.45, 7) is 8.73. The van der Waals surface area contributed by atoms with E-state index >= 15 is 0 Å². The second-order valence-electron chi connectivity index (χ2n) is 5.38. The van der Waals surface area contributed by atoms with Crippen molar-refractivity contribution in [3.8, 4) is 0 Å². The standard InChI is InChI=1S/C12H23NO5/c1-7(2)8(9(14)10(15)17-6)13-11(16)18-12(3,4)5/h7-9,14H,1-6H3,(H,13,16). The lowest BCUT2D eigenvalue weighted by Crippen LogP contribution is -2.51. The maximum Gasteiger partial charge on any atom is 0.407 e. The molecular formula is C12H23NO5. The second-order valence-corrected chi connectivity index (χ2v) is 5.38. The van der Waals surface area contributed by atoms with Gasteiger partial charge in [-0.05, 0) is 26.7 Å². The average Bonchev–Trinajstić information content (AvgIpc) is 2.20. The number of esters is 1. The molecule has 0 aromatic heterocycles. The number of ether oxygens (including phenoxy) is 2. The Labute approximate surface area is 108 Å². The van der Waals surface area contributed by atoms with Crippen molar-refractivity contribution in [1.29, 1.82) is 0 Å². The first-order valence-corrected chi connectivity index (χ1v) is 5.84. The number of carbonyl (C=O) groups is 2. The van der Waals surface area contributed by atoms with Crippen LogP contribution in [0.3, 0.4) is 0 Å². The van der Waals surface area contributed by atoms with Gasteiger partial charge in [-0.15, -0.1) is 0 Å². The first-order chi connectivity index (χ1) is 8.08. The summed E-state index contributed by atoms with van der Waals surface area (Å²) in [5.41, 5.74) is -0.637. The molecule has 0 rings (SSSR count). The lowest BCUT2D eigenvalue weighted by atomic mass is 9.99. The normalized spacial score (nSPS) is 14.9. The SMILES string of the molecule is COC(=O)C(O)C(NC(=O)OC(C)(C)C)C(C)C. The molecule has 0 heterocycles. The van der Waals surface area contributed by atoms with E-state index in [0.29, 0.717) is 0 Å². The predicted octanol–water partition coefficient (Wildman–Crippen LogP) is 1.07. The van der Waals surface area contributed by atoms with Gasteiger partial charge in [-0.2, -0.15) is 0 Å². The molecule has 0 aromatic rings. The summed E-state index contributed by atoms with van der Waals surface area (Å²) >= 11 is 0. The van der Waals surface area contributed by atoms with E-state index in [4.69, 9.17) is 4.74 Å². The topological polar surface area (TPSA) is 84.9 Å². The number of carbonyl (C=O) groups excluding carboxylic acids is 2. The molecule has 106 valence electrons. The Morgan fingerprint density at radius 1 is 1.22 bits per heavy atom. The number of methoxy groups -OCH3 is 1. The van der Waals surface area contributed by atoms with Crippen LogP contribution in [0.25, 0.3) is 0 Å². The zero-order chi connectivity index (χ0) is 14.5. The molecule has 6 nitrogen and oxygen atoms in total. The second kappa shape index (κ2) is 6.58. The van der Waals surface area contributed by atoms with Crippen LogP contribution < -0.4 is 5.32 Å². The molecular weight excluding hydrogens is 238 g/mol. The average molecular weight is 261 g/mol. The van der Waals surface area contributed by atoms with Crippen LogP contribution >= 0.6 is 0 Å². The van der Waals surface area contributed by atoms with E-state index in [1.165, 1.54) is 7.11 Å². The number of aliphatic hydroxyl groups excluding tert-OH is 1. The van der Waals surface area contributed by atoms with Crippen molar-refractivity contribution in [2.24, 2.45) is 5.92 Å². The van der Waals surface area contributed by atoms with E-state index in [-0.39, 0.29) is 5.92 Å². The number of aliphatic hydroxyl groups is 1. The van der Waals surface area contributed by atoms with Crippen molar-refractivity contribution in [3.05, 3.63) is 0 Å². The zero-order valence-corrected chi connectivity index (χ0v) is 11.8. The van der Waals surface area contributed by atoms with E-state index in [2.05, 4.69) is 10.1 Å². The van der Waals surface area contributed by atoms with E-state index < -0.39 is 29.8 Å². The summed E-state index contributed by atoms with van der Waals surface area (Å²) in [6, 6.07) is -0.757. The molecule has 0 saturated heterocycles. The molecule has 18 heavy (non-hydrogen) atoms. The first-order valence-electron chi connectivity index (χ1n) is 5.84. The fourth-order valence-electron chi connectivity index (χ4n) is 1.32. The van der Waals surface area contributed by atoms with Gasteiger partial charge in [-0.3, -0.25) is 0 Å². The summed E-state index contributed by atoms with van der Waals surface area (Å²) in [5.74, 6) is -0.934. The van der Waals surface area contributed by atoms with Crippen molar-refractivity contribution in [2.75, 3.05) is 7.11 Å². The summed E-state index contributed by atoms with van der Waals surface area (Å²) in [6.07, 6.45) is -2.09. The third-order valence-electron chi connectivity index (χ3n) is 2.18. The van der Waals surface area contributed by atoms with Gasteiger partial charge in [-0.25, -0.2) is 9.59 Å². The number of hydrogen-bond donors (Lipinski definition) is 2. The highest BCUT2D eigenvalue weighted by Gasteiger charge is 2.32. The summed E-state index contributed by atoms with van der Waals surface area (Å²) in [7, 11) is 1.18. The van der Waals surface area contributed by atoms with Crippen LogP contribution in [0.2, 0.25) is 0 Å². The minimum atomic E-state index is -1.41. The molecule has 0 aliphatic rings. The highest BCUT2D eigenvalue weighted by atomic mass is 16.6. The van der Waals surface area contributed by atoms with Gasteiger partial charge in [0.05, 0.1) is 13.2 Å². The maximum absolute atomic E-state index is 11.6. The van der Waals surface area contributed by atoms with Gasteiger partial charge in [0, 0.05) is 0 Å². The molecule has 0 saturated carbocycles. The molecule has 0 aliphatic heterocycles. The number of rotatable bonds is 4. The zero-order valence-electron chi connectivity index (χ0n) is 11.8. The summed E-state index contributed by atoms with van der Waals surface area (Å²) in [4.78, 5) is 22.9. The van der Waals surface area contributed by atoms with Crippen molar-refractivity contribution in [3.63, 3.8) is 0 Å². The number of nitrogens with one attached hydrogen (secondary N) is 1. The van der Waals surface area contributed by atoms with Crippen LogP contribution in [-0.2, 0) is 14.3 Å². The van der Waals surface area contributed by atoms with Gasteiger partial charge in [0.1, 0.15) is 5.60 Å². The van der Waals surface area contributed by atoms with Crippen molar-refractivity contribution in [2.45, 2.75) is 52.4 Å². The van der Waals surface area contributed by atoms with Crippen LogP contribution in [0.15, 0.2) is 0 Å². The van der Waals surface area contributed by atoms with E-state index in [1.54, 1.807) is 34.6 Å². The van der Waals surface area contributed by atoms with Crippen LogP contribution in [0.1, 0.15) is 34.6 Å². The van der Waals surface area contributed by atoms with Gasteiger partial charge in [-0.1, -0.05) is 13.8 Å². The molecule has 0 spiro atoms. The third kappa shape index (κ3) is 5.86. The number of amides is 1. The minimum Gasteiger partial charge on any atom is -0.467 e. The smallest absolute Gasteiger partial charge is 0.407 e. The van der Waals surface area contributed by atoms with Crippen LogP contribution in [0.5, 0.6) is 0 Å². The molecule has 0 fully saturated rings. The van der Waals surface area contributed by atoms with Crippen LogP contribution in [0, 0.1) is 5.92 Å². The fraction of sp³-hybridized carbons (Fsp3) is 0.833. The Morgan fingerprint density at radius 3 is 2.06 bits per heavy atom. The fourth-order valence-corrected chi connectivity index (χ4v) is 1.32. The molecule has 2 N–H and O–H groups in total. The van der Waals surface area contributed by atoms with Crippen LogP contribution in [-0.4, -0.2) is 42.0 Å². The Balaban J connectivity index is 4.64. The predicted molar refractivity (Wildman–Crippen MR) is 66.0 cm³/mol. The van der Waals surface area contributed by atoms with Crippen molar-refractivity contribution < 1.29 is 24.2 Å². The van der Waals surface area contributed by atoms with Crippen molar-refractivity contribution >= 4 is 12.1 Å². The van der Waals surface area contributed by atoms with Crippen molar-refractivity contribution in [1.82, 2.24) is 5.32 Å². The highest BCUT2D eigenvalue weighted by molar-refractivity contribution is 5.77. The maximum atomic E-state index is 11.6. The lowest BCUT2D eigenvalue weighted by Gasteiger charge is -2.27. The Kier molecular flexibility index (Phi) is 6.11. The first kappa shape index (κ1) is 16.7. The van der Waals surface area contributed by atoms with Gasteiger partial charge in [0.15, 0.2) is 6.10 Å². The molecule has 0 aliphatic carbocycles. The molecule has 2 unspecified atom stereocenters. The Hall–Kier alpha value is -1.30. The number of alkyl carbamates (subject to hydrolysis) is 1. The largest absolute Gasteiger partial charge is 0.467 e. The quantitative estimate of drug-likeness (QED) is 0.739. The van der Waals surface area contributed by atoms with Gasteiger partial charge in [0.2, 0.25) is 0 Å². The molecule has 2 atom stereocenters. The monoisotopic (exact) mass is 261 g/mol. The highest BCUT2D eigenvalue weighted by Crippen LogP contribution is 2.11. The van der Waals surface area contributed by atoms with E-state index in [9.17, 15) is 14.7 Å². The molecule has 6 heteroatoms. The summed E-state index contributed by atoms with van der Waals surface area (Å²) < 4.78 is 9.51. The Morgan fingerprint density at radius 2 is 1.72 bits per heavy atom. The molecule has 0 radical (unpaired) electrons. The molecule has 0 aromatic carbocycles. The molecule has 0 bridgehead atoms. The van der Waals surface area contributed by atoms with Gasteiger partial charge >= 0.3 is 12.1 Å². The van der Waals surface area contributed by atoms with E-state index in [1.807, 2.05) is 0 Å². The molecule has 1 amide bonds. The van der Waals surface area contributed by atoms with E-state index in [0.717, 1.165) is 0 Å². The minimum absolute atomic E-state index is 0.147. The van der Waals surface area contributed by atoms with Crippen LogP contribution in [0.4, 0.5) is 4.79 Å². The van der Waals surface area contributed by atoms with Gasteiger partial charge in [0.25, 0.3) is 0 Å². The van der Waals surface area contributed by atoms with Gasteiger partial charge < -0.3 is 19.9 Å². The number of hydrogen-bond acceptors (Lipinski definition) is 5. The Bertz CT molecular complexity index is 295.